The van der Waals surface area contributed by atoms with E-state index in [0.29, 0.717) is 5.82 Å². The van der Waals surface area contributed by atoms with Crippen LogP contribution in [-0.4, -0.2) is 83.8 Å². The van der Waals surface area contributed by atoms with E-state index in [9.17, 15) is 32.3 Å². The van der Waals surface area contributed by atoms with Crippen LogP contribution in [0.25, 0.3) is 0 Å². The van der Waals surface area contributed by atoms with E-state index in [-0.39, 0.29) is 40.1 Å². The van der Waals surface area contributed by atoms with Crippen molar-refractivity contribution < 1.29 is 41.4 Å². The number of aliphatic hydroxyl groups excluding tert-OH is 1. The molecule has 2 aromatic carbocycles. The van der Waals surface area contributed by atoms with E-state index in [2.05, 4.69) is 20.6 Å². The summed E-state index contributed by atoms with van der Waals surface area (Å²) in [5, 5.41) is 15.1. The van der Waals surface area contributed by atoms with Crippen LogP contribution in [0.4, 0.5) is 36.6 Å². The van der Waals surface area contributed by atoms with Crippen LogP contribution in [0.1, 0.15) is 6.92 Å². The standard InChI is InChI=1S/C32H31F2N7O7S/c1-19(18-42)40-17-25(31(44)41(32(40)45)22-7-4-20(33)5-8-22)30(43)37-21-6-10-27(26(34)14-21)48-23-12-13-35-29(15-23)38-28-11-9-24(16-36-28)49(46,47)39(2)3/h4-16,19,25,42H,17-18H2,1-3H3,(H,37,43)(H,35,36,38)/t19-,25?/m1/s1. The third kappa shape index (κ3) is 7.64. The number of carbonyl (C=O) groups is 3. The minimum atomic E-state index is -3.65. The zero-order valence-corrected chi connectivity index (χ0v) is 27.2. The second-order valence-electron chi connectivity index (χ2n) is 11.1. The van der Waals surface area contributed by atoms with Crippen LogP contribution in [0.2, 0.25) is 0 Å². The van der Waals surface area contributed by atoms with E-state index in [1.54, 1.807) is 0 Å². The first-order chi connectivity index (χ1) is 23.3. The predicted molar refractivity (Wildman–Crippen MR) is 174 cm³/mol. The summed E-state index contributed by atoms with van der Waals surface area (Å²) >= 11 is 0. The molecule has 17 heteroatoms. The summed E-state index contributed by atoms with van der Waals surface area (Å²) in [5.74, 6) is -4.02. The third-order valence-corrected chi connectivity index (χ3v) is 9.26. The third-order valence-electron chi connectivity index (χ3n) is 7.46. The molecule has 49 heavy (non-hydrogen) atoms. The monoisotopic (exact) mass is 695 g/mol. The van der Waals surface area contributed by atoms with Gasteiger partial charge in [0.2, 0.25) is 21.8 Å². The molecule has 14 nitrogen and oxygen atoms in total. The molecular weight excluding hydrogens is 664 g/mol. The van der Waals surface area contributed by atoms with Crippen LogP contribution in [0.15, 0.2) is 84.0 Å². The highest BCUT2D eigenvalue weighted by Crippen LogP contribution is 2.30. The molecule has 2 atom stereocenters. The number of amides is 4. The highest BCUT2D eigenvalue weighted by Gasteiger charge is 2.45. The SMILES string of the molecule is C[C@H](CO)N1CC(C(=O)Nc2ccc(Oc3ccnc(Nc4ccc(S(=O)(=O)N(C)C)cn4)c3)c(F)c2)C(=O)N(c2ccc(F)cc2)C1=O. The van der Waals surface area contributed by atoms with Gasteiger partial charge in [-0.25, -0.2) is 41.2 Å². The Hall–Kier alpha value is -5.52. The number of aromatic nitrogens is 2. The van der Waals surface area contributed by atoms with Crippen LogP contribution < -0.4 is 20.3 Å². The van der Waals surface area contributed by atoms with Crippen molar-refractivity contribution >= 4 is 50.9 Å². The van der Waals surface area contributed by atoms with Crippen LogP contribution in [0, 0.1) is 17.6 Å². The Morgan fingerprint density at radius 2 is 1.78 bits per heavy atom. The molecule has 1 unspecified atom stereocenters. The summed E-state index contributed by atoms with van der Waals surface area (Å²) in [4.78, 5) is 50.0. The largest absolute Gasteiger partial charge is 0.454 e. The molecular formula is C32H31F2N7O7S. The van der Waals surface area contributed by atoms with E-state index in [0.717, 1.165) is 32.3 Å². The molecule has 1 fully saturated rings. The molecule has 1 aliphatic rings. The van der Waals surface area contributed by atoms with Crippen LogP contribution >= 0.6 is 0 Å². The number of hydrogen-bond acceptors (Lipinski definition) is 10. The lowest BCUT2D eigenvalue weighted by molar-refractivity contribution is -0.132. The minimum Gasteiger partial charge on any atom is -0.454 e. The lowest BCUT2D eigenvalue weighted by atomic mass is 10.0. The van der Waals surface area contributed by atoms with Gasteiger partial charge in [0.1, 0.15) is 34.0 Å². The van der Waals surface area contributed by atoms with Crippen molar-refractivity contribution in [3.05, 3.63) is 90.8 Å². The summed E-state index contributed by atoms with van der Waals surface area (Å²) in [5.41, 5.74) is 0.0354. The van der Waals surface area contributed by atoms with Crippen molar-refractivity contribution in [2.45, 2.75) is 17.9 Å². The van der Waals surface area contributed by atoms with Gasteiger partial charge >= 0.3 is 6.03 Å². The van der Waals surface area contributed by atoms with Crippen molar-refractivity contribution in [2.24, 2.45) is 5.92 Å². The molecule has 5 rings (SSSR count). The number of aliphatic hydroxyl groups is 1. The quantitative estimate of drug-likeness (QED) is 0.195. The van der Waals surface area contributed by atoms with Gasteiger partial charge in [-0.15, -0.1) is 0 Å². The molecule has 4 aromatic rings. The van der Waals surface area contributed by atoms with Crippen LogP contribution in [-0.2, 0) is 19.6 Å². The molecule has 4 amide bonds. The molecule has 3 N–H and O–H groups in total. The Morgan fingerprint density at radius 3 is 2.41 bits per heavy atom. The van der Waals surface area contributed by atoms with Gasteiger partial charge < -0.3 is 25.4 Å². The number of benzene rings is 2. The molecule has 0 saturated carbocycles. The van der Waals surface area contributed by atoms with Gasteiger partial charge in [0, 0.05) is 50.9 Å². The normalized spacial score (nSPS) is 15.7. The van der Waals surface area contributed by atoms with Crippen molar-refractivity contribution in [1.82, 2.24) is 19.2 Å². The topological polar surface area (TPSA) is 174 Å². The number of halogens is 2. The number of hydrogen-bond donors (Lipinski definition) is 3. The molecule has 0 spiro atoms. The molecule has 0 bridgehead atoms. The minimum absolute atomic E-state index is 0.00229. The summed E-state index contributed by atoms with van der Waals surface area (Å²) < 4.78 is 60.0. The Balaban J connectivity index is 1.28. The van der Waals surface area contributed by atoms with Gasteiger partial charge in [0.05, 0.1) is 18.3 Å². The fourth-order valence-corrected chi connectivity index (χ4v) is 5.58. The van der Waals surface area contributed by atoms with E-state index in [1.807, 2.05) is 0 Å². The summed E-state index contributed by atoms with van der Waals surface area (Å²) in [6, 6.07) is 12.4. The number of urea groups is 1. The fraction of sp³-hybridized carbons (Fsp3) is 0.219. The number of nitrogens with zero attached hydrogens (tertiary/aromatic N) is 5. The first kappa shape index (κ1) is 34.8. The Kier molecular flexibility index (Phi) is 10.2. The van der Waals surface area contributed by atoms with Gasteiger partial charge in [-0.1, -0.05) is 0 Å². The lowest BCUT2D eigenvalue weighted by Crippen LogP contribution is -2.62. The number of sulfonamides is 1. The van der Waals surface area contributed by atoms with Crippen LogP contribution in [0.3, 0.4) is 0 Å². The van der Waals surface area contributed by atoms with E-state index in [4.69, 9.17) is 4.74 Å². The fourth-order valence-electron chi connectivity index (χ4n) is 4.73. The summed E-state index contributed by atoms with van der Waals surface area (Å²) in [7, 11) is -0.835. The molecule has 1 saturated heterocycles. The molecule has 3 heterocycles. The number of rotatable bonds is 11. The van der Waals surface area contributed by atoms with Crippen LogP contribution in [0.5, 0.6) is 11.5 Å². The predicted octanol–water partition coefficient (Wildman–Crippen LogP) is 3.95. The average Bonchev–Trinajstić information content (AvgIpc) is 3.07. The van der Waals surface area contributed by atoms with Crippen molar-refractivity contribution in [1.29, 1.82) is 0 Å². The second-order valence-corrected chi connectivity index (χ2v) is 13.2. The number of anilines is 4. The van der Waals surface area contributed by atoms with Gasteiger partial charge in [-0.3, -0.25) is 9.59 Å². The van der Waals surface area contributed by atoms with Gasteiger partial charge in [0.25, 0.3) is 0 Å². The summed E-state index contributed by atoms with van der Waals surface area (Å²) in [6.07, 6.45) is 2.60. The van der Waals surface area contributed by atoms with E-state index >= 15 is 4.39 Å². The van der Waals surface area contributed by atoms with Gasteiger partial charge in [0.15, 0.2) is 11.6 Å². The Morgan fingerprint density at radius 1 is 1.04 bits per heavy atom. The Labute approximate surface area is 280 Å². The maximum atomic E-state index is 15.2. The Bertz CT molecular complexity index is 1980. The van der Waals surface area contributed by atoms with E-state index < -0.39 is 58.1 Å². The molecule has 1 aliphatic heterocycles. The average molecular weight is 696 g/mol. The van der Waals surface area contributed by atoms with Crippen molar-refractivity contribution in [3.8, 4) is 11.5 Å². The number of imide groups is 1. The van der Waals surface area contributed by atoms with Gasteiger partial charge in [-0.05, 0) is 61.5 Å². The molecule has 256 valence electrons. The first-order valence-electron chi connectivity index (χ1n) is 14.7. The van der Waals surface area contributed by atoms with E-state index in [1.165, 1.54) is 81.9 Å². The maximum absolute atomic E-state index is 15.2. The van der Waals surface area contributed by atoms with Gasteiger partial charge in [-0.2, -0.15) is 0 Å². The smallest absolute Gasteiger partial charge is 0.331 e. The zero-order chi connectivity index (χ0) is 35.5. The molecule has 2 aromatic heterocycles. The zero-order valence-electron chi connectivity index (χ0n) is 26.4. The number of carbonyl (C=O) groups excluding carboxylic acids is 3. The highest BCUT2D eigenvalue weighted by molar-refractivity contribution is 7.89. The highest BCUT2D eigenvalue weighted by atomic mass is 32.2. The number of ether oxygens (including phenoxy) is 1. The first-order valence-corrected chi connectivity index (χ1v) is 16.1. The number of pyridine rings is 2. The lowest BCUT2D eigenvalue weighted by Gasteiger charge is -2.40. The van der Waals surface area contributed by atoms with Crippen molar-refractivity contribution in [2.75, 3.05) is 42.8 Å². The maximum Gasteiger partial charge on any atom is 0.331 e. The second kappa shape index (κ2) is 14.3. The van der Waals surface area contributed by atoms with Crippen molar-refractivity contribution in [3.63, 3.8) is 0 Å². The molecule has 0 radical (unpaired) electrons. The number of nitrogens with one attached hydrogen (secondary N) is 2. The molecule has 0 aliphatic carbocycles. The summed E-state index contributed by atoms with van der Waals surface area (Å²) in [6.45, 7) is 0.747.